The van der Waals surface area contributed by atoms with Crippen molar-refractivity contribution >= 4 is 30.2 Å². The Bertz CT molecular complexity index is 982. The summed E-state index contributed by atoms with van der Waals surface area (Å²) in [6.07, 6.45) is 1.40. The summed E-state index contributed by atoms with van der Waals surface area (Å²) < 4.78 is 11.9. The van der Waals surface area contributed by atoms with Gasteiger partial charge in [-0.15, -0.1) is 0 Å². The number of methoxy groups -OCH3 is 1. The van der Waals surface area contributed by atoms with E-state index < -0.39 is 5.91 Å². The summed E-state index contributed by atoms with van der Waals surface area (Å²) in [5, 5.41) is 0. The average Bonchev–Trinajstić information content (AvgIpc) is 2.72. The molecule has 3 aromatic rings. The Balaban J connectivity index is 1.77. The van der Waals surface area contributed by atoms with Crippen molar-refractivity contribution < 1.29 is 14.3 Å². The van der Waals surface area contributed by atoms with Gasteiger partial charge in [0.1, 0.15) is 18.0 Å². The monoisotopic (exact) mass is 396 g/mol. The van der Waals surface area contributed by atoms with Crippen molar-refractivity contribution in [3.63, 3.8) is 0 Å². The topological polar surface area (TPSA) is 90.6 Å². The van der Waals surface area contributed by atoms with Crippen molar-refractivity contribution in [2.75, 3.05) is 17.1 Å². The maximum Gasteiger partial charge on any atom is 0.318 e. The number of hydrogen-bond acceptors (Lipinski definition) is 7. The predicted molar refractivity (Wildman–Crippen MR) is 111 cm³/mol. The number of anilines is 2. The molecule has 0 saturated heterocycles. The molecule has 0 aliphatic heterocycles. The summed E-state index contributed by atoms with van der Waals surface area (Å²) in [6.45, 7) is 2.22. The molecule has 0 spiro atoms. The molecular weight excluding hydrogens is 376 g/mol. The van der Waals surface area contributed by atoms with Crippen LogP contribution in [-0.2, 0) is 6.61 Å². The Morgan fingerprint density at radius 3 is 2.64 bits per heavy atom. The molecule has 144 valence electrons. The maximum absolute atomic E-state index is 12.8. The number of thiol groups is 1. The number of amides is 1. The van der Waals surface area contributed by atoms with Gasteiger partial charge >= 0.3 is 6.01 Å². The standard InChI is InChI=1S/C20H20N4O3S/c1-13-8-9-15(17(10-13)26-2)19(25)24(28)16-11-22-20(23-18(16)21)27-12-14-6-4-3-5-7-14/h3-11,28H,12H2,1-2H3,(H2,21,22,23). The number of ether oxygens (including phenoxy) is 2. The Kier molecular flexibility index (Phi) is 6.00. The van der Waals surface area contributed by atoms with E-state index in [4.69, 9.17) is 15.2 Å². The summed E-state index contributed by atoms with van der Waals surface area (Å²) in [5.74, 6) is 0.118. The Labute approximate surface area is 168 Å². The number of benzene rings is 2. The minimum atomic E-state index is -0.409. The molecule has 2 N–H and O–H groups in total. The van der Waals surface area contributed by atoms with Gasteiger partial charge in [0.2, 0.25) is 0 Å². The van der Waals surface area contributed by atoms with E-state index in [-0.39, 0.29) is 17.5 Å². The molecule has 1 amide bonds. The van der Waals surface area contributed by atoms with E-state index in [1.54, 1.807) is 12.1 Å². The quantitative estimate of drug-likeness (QED) is 0.620. The molecule has 0 bridgehead atoms. The summed E-state index contributed by atoms with van der Waals surface area (Å²) >= 11 is 4.28. The number of hydrogen-bond donors (Lipinski definition) is 2. The second kappa shape index (κ2) is 8.62. The first-order chi connectivity index (χ1) is 13.5. The van der Waals surface area contributed by atoms with Crippen molar-refractivity contribution in [2.45, 2.75) is 13.5 Å². The fraction of sp³-hybridized carbons (Fsp3) is 0.150. The molecule has 0 saturated carbocycles. The normalized spacial score (nSPS) is 10.4. The van der Waals surface area contributed by atoms with Gasteiger partial charge in [-0.05, 0) is 30.2 Å². The molecule has 0 aliphatic rings. The smallest absolute Gasteiger partial charge is 0.318 e. The van der Waals surface area contributed by atoms with E-state index in [1.807, 2.05) is 43.3 Å². The van der Waals surface area contributed by atoms with E-state index in [0.29, 0.717) is 17.9 Å². The van der Waals surface area contributed by atoms with Gasteiger partial charge in [0.25, 0.3) is 5.91 Å². The van der Waals surface area contributed by atoms with Crippen molar-refractivity contribution in [1.29, 1.82) is 0 Å². The van der Waals surface area contributed by atoms with Crippen LogP contribution in [0.5, 0.6) is 11.8 Å². The van der Waals surface area contributed by atoms with Crippen LogP contribution in [0.25, 0.3) is 0 Å². The zero-order chi connectivity index (χ0) is 20.1. The highest BCUT2D eigenvalue weighted by Crippen LogP contribution is 2.29. The van der Waals surface area contributed by atoms with Crippen molar-refractivity contribution in [3.05, 3.63) is 71.4 Å². The molecule has 2 aromatic carbocycles. The van der Waals surface area contributed by atoms with E-state index in [9.17, 15) is 4.79 Å². The molecular formula is C20H20N4O3S. The minimum absolute atomic E-state index is 0.0764. The molecule has 0 radical (unpaired) electrons. The molecule has 3 rings (SSSR count). The first-order valence-corrected chi connectivity index (χ1v) is 8.87. The zero-order valence-corrected chi connectivity index (χ0v) is 16.4. The maximum atomic E-state index is 12.8. The highest BCUT2D eigenvalue weighted by Gasteiger charge is 2.22. The molecule has 8 heteroatoms. The van der Waals surface area contributed by atoms with Gasteiger partial charge in [0.15, 0.2) is 5.82 Å². The van der Waals surface area contributed by atoms with Crippen LogP contribution in [-0.4, -0.2) is 23.0 Å². The molecule has 0 fully saturated rings. The SMILES string of the molecule is COc1cc(C)ccc1C(=O)N(S)c1cnc(OCc2ccccc2)nc1N. The van der Waals surface area contributed by atoms with Crippen LogP contribution >= 0.6 is 12.8 Å². The summed E-state index contributed by atoms with van der Waals surface area (Å²) in [7, 11) is 1.50. The minimum Gasteiger partial charge on any atom is -0.496 e. The Morgan fingerprint density at radius 1 is 1.21 bits per heavy atom. The number of carbonyl (C=O) groups excluding carboxylic acids is 1. The third kappa shape index (κ3) is 4.34. The third-order valence-electron chi connectivity index (χ3n) is 3.99. The Hall–Kier alpha value is -3.26. The van der Waals surface area contributed by atoms with Gasteiger partial charge in [-0.2, -0.15) is 4.98 Å². The second-order valence-electron chi connectivity index (χ2n) is 6.02. The molecule has 0 aliphatic carbocycles. The summed E-state index contributed by atoms with van der Waals surface area (Å²) in [6, 6.07) is 15.0. The van der Waals surface area contributed by atoms with Gasteiger partial charge in [0, 0.05) is 0 Å². The van der Waals surface area contributed by atoms with Gasteiger partial charge in [0.05, 0.1) is 18.9 Å². The Morgan fingerprint density at radius 2 is 1.96 bits per heavy atom. The summed E-state index contributed by atoms with van der Waals surface area (Å²) in [5.41, 5.74) is 8.56. The highest BCUT2D eigenvalue weighted by molar-refractivity contribution is 7.82. The second-order valence-corrected chi connectivity index (χ2v) is 6.42. The van der Waals surface area contributed by atoms with Crippen LogP contribution in [0.4, 0.5) is 11.5 Å². The average molecular weight is 396 g/mol. The lowest BCUT2D eigenvalue weighted by atomic mass is 10.1. The van der Waals surface area contributed by atoms with Crippen molar-refractivity contribution in [1.82, 2.24) is 9.97 Å². The van der Waals surface area contributed by atoms with Crippen LogP contribution < -0.4 is 19.5 Å². The van der Waals surface area contributed by atoms with E-state index in [0.717, 1.165) is 15.4 Å². The van der Waals surface area contributed by atoms with Gasteiger partial charge in [-0.25, -0.2) is 9.29 Å². The van der Waals surface area contributed by atoms with E-state index >= 15 is 0 Å². The molecule has 28 heavy (non-hydrogen) atoms. The first kappa shape index (κ1) is 19.5. The fourth-order valence-corrected chi connectivity index (χ4v) is 2.79. The number of carbonyl (C=O) groups is 1. The van der Waals surface area contributed by atoms with Gasteiger partial charge in [-0.3, -0.25) is 4.79 Å². The lowest BCUT2D eigenvalue weighted by Gasteiger charge is -2.18. The van der Waals surface area contributed by atoms with Crippen molar-refractivity contribution in [3.8, 4) is 11.8 Å². The lowest BCUT2D eigenvalue weighted by molar-refractivity contribution is 0.100. The van der Waals surface area contributed by atoms with Crippen molar-refractivity contribution in [2.24, 2.45) is 0 Å². The van der Waals surface area contributed by atoms with E-state index in [1.165, 1.54) is 13.3 Å². The third-order valence-corrected chi connectivity index (χ3v) is 4.39. The van der Waals surface area contributed by atoms with Crippen LogP contribution in [0.15, 0.2) is 54.7 Å². The fourth-order valence-electron chi connectivity index (χ4n) is 2.53. The van der Waals surface area contributed by atoms with Crippen LogP contribution in [0.3, 0.4) is 0 Å². The number of nitrogens with zero attached hydrogens (tertiary/aromatic N) is 3. The first-order valence-electron chi connectivity index (χ1n) is 8.47. The summed E-state index contributed by atoms with van der Waals surface area (Å²) in [4.78, 5) is 21.0. The lowest BCUT2D eigenvalue weighted by Crippen LogP contribution is -2.23. The number of nitrogen functional groups attached to an aromatic ring is 1. The largest absolute Gasteiger partial charge is 0.496 e. The van der Waals surface area contributed by atoms with Gasteiger partial charge in [-0.1, -0.05) is 49.2 Å². The zero-order valence-electron chi connectivity index (χ0n) is 15.5. The van der Waals surface area contributed by atoms with Gasteiger partial charge < -0.3 is 15.2 Å². The number of nitrogens with two attached hydrogens (primary N) is 1. The number of aryl methyl sites for hydroxylation is 1. The molecule has 7 nitrogen and oxygen atoms in total. The molecule has 0 atom stereocenters. The van der Waals surface area contributed by atoms with E-state index in [2.05, 4.69) is 22.8 Å². The predicted octanol–water partition coefficient (Wildman–Crippen LogP) is 3.45. The number of aromatic nitrogens is 2. The highest BCUT2D eigenvalue weighted by atomic mass is 32.1. The molecule has 1 aromatic heterocycles. The molecule has 0 unspecified atom stereocenters. The molecule has 1 heterocycles. The van der Waals surface area contributed by atoms with Crippen LogP contribution in [0.1, 0.15) is 21.5 Å². The van der Waals surface area contributed by atoms with Crippen LogP contribution in [0, 0.1) is 6.92 Å². The number of rotatable bonds is 6. The van der Waals surface area contributed by atoms with Crippen LogP contribution in [0.2, 0.25) is 0 Å².